The monoisotopic (exact) mass is 288 g/mol. The number of amides is 2. The molecule has 1 saturated heterocycles. The number of piperazine rings is 1. The summed E-state index contributed by atoms with van der Waals surface area (Å²) in [6.45, 7) is 3.25. The van der Waals surface area contributed by atoms with E-state index in [0.717, 1.165) is 24.3 Å². The zero-order chi connectivity index (χ0) is 15.0. The van der Waals surface area contributed by atoms with E-state index in [1.807, 2.05) is 36.2 Å². The molecule has 21 heavy (non-hydrogen) atoms. The SMILES string of the molecule is CN1CCN(C(=O)CN2C(=O)C(N)c3ccccc32)CC1. The number of nitrogens with zero attached hydrogens (tertiary/aromatic N) is 3. The van der Waals surface area contributed by atoms with Gasteiger partial charge in [0.25, 0.3) is 0 Å². The first kappa shape index (κ1) is 14.0. The molecule has 2 aliphatic heterocycles. The van der Waals surface area contributed by atoms with Gasteiger partial charge >= 0.3 is 0 Å². The summed E-state index contributed by atoms with van der Waals surface area (Å²) in [5.41, 5.74) is 7.49. The highest BCUT2D eigenvalue weighted by molar-refractivity contribution is 6.07. The molecular weight excluding hydrogens is 268 g/mol. The van der Waals surface area contributed by atoms with E-state index < -0.39 is 6.04 Å². The summed E-state index contributed by atoms with van der Waals surface area (Å²) >= 11 is 0. The molecule has 0 bridgehead atoms. The molecule has 0 spiro atoms. The molecule has 0 aromatic heterocycles. The maximum Gasteiger partial charge on any atom is 0.249 e. The summed E-state index contributed by atoms with van der Waals surface area (Å²) in [7, 11) is 2.04. The molecule has 2 N–H and O–H groups in total. The maximum absolute atomic E-state index is 12.4. The predicted molar refractivity (Wildman–Crippen MR) is 79.8 cm³/mol. The van der Waals surface area contributed by atoms with E-state index in [9.17, 15) is 9.59 Å². The Bertz CT molecular complexity index is 567. The van der Waals surface area contributed by atoms with Gasteiger partial charge in [0.15, 0.2) is 0 Å². The summed E-state index contributed by atoms with van der Waals surface area (Å²) < 4.78 is 0. The number of carbonyl (C=O) groups is 2. The molecule has 1 fully saturated rings. The highest BCUT2D eigenvalue weighted by Crippen LogP contribution is 2.33. The minimum atomic E-state index is -0.651. The first-order valence-electron chi connectivity index (χ1n) is 7.20. The van der Waals surface area contributed by atoms with Gasteiger partial charge in [-0.2, -0.15) is 0 Å². The highest BCUT2D eigenvalue weighted by Gasteiger charge is 2.36. The number of rotatable bonds is 2. The van der Waals surface area contributed by atoms with Gasteiger partial charge in [0, 0.05) is 37.4 Å². The third-order valence-electron chi connectivity index (χ3n) is 4.24. The van der Waals surface area contributed by atoms with Gasteiger partial charge in [-0.15, -0.1) is 0 Å². The molecular formula is C15H20N4O2. The second-order valence-corrected chi connectivity index (χ2v) is 5.64. The standard InChI is InChI=1S/C15H20N4O2/c1-17-6-8-18(9-7-17)13(20)10-19-12-5-3-2-4-11(12)14(16)15(19)21/h2-5,14H,6-10,16H2,1H3. The number of nitrogens with two attached hydrogens (primary N) is 1. The average molecular weight is 288 g/mol. The predicted octanol–water partition coefficient (Wildman–Crippen LogP) is -0.193. The van der Waals surface area contributed by atoms with Crippen LogP contribution >= 0.6 is 0 Å². The van der Waals surface area contributed by atoms with E-state index in [2.05, 4.69) is 4.90 Å². The van der Waals surface area contributed by atoms with E-state index >= 15 is 0 Å². The van der Waals surface area contributed by atoms with Crippen LogP contribution in [0.15, 0.2) is 24.3 Å². The molecule has 6 heteroatoms. The zero-order valence-electron chi connectivity index (χ0n) is 12.2. The minimum absolute atomic E-state index is 0.0136. The maximum atomic E-state index is 12.4. The first-order chi connectivity index (χ1) is 10.1. The number of fused-ring (bicyclic) bond motifs is 1. The second-order valence-electron chi connectivity index (χ2n) is 5.64. The molecule has 2 amide bonds. The van der Waals surface area contributed by atoms with Crippen LogP contribution in [0.2, 0.25) is 0 Å². The normalized spacial score (nSPS) is 22.6. The zero-order valence-corrected chi connectivity index (χ0v) is 12.2. The van der Waals surface area contributed by atoms with Crippen molar-refractivity contribution in [3.8, 4) is 0 Å². The molecule has 6 nitrogen and oxygen atoms in total. The van der Waals surface area contributed by atoms with Crippen molar-refractivity contribution >= 4 is 17.5 Å². The van der Waals surface area contributed by atoms with Crippen LogP contribution < -0.4 is 10.6 Å². The van der Waals surface area contributed by atoms with Crippen molar-refractivity contribution in [1.29, 1.82) is 0 Å². The van der Waals surface area contributed by atoms with Crippen LogP contribution in [0.25, 0.3) is 0 Å². The topological polar surface area (TPSA) is 69.9 Å². The van der Waals surface area contributed by atoms with Crippen LogP contribution in [0.1, 0.15) is 11.6 Å². The average Bonchev–Trinajstić information content (AvgIpc) is 2.73. The van der Waals surface area contributed by atoms with Gasteiger partial charge in [-0.25, -0.2) is 0 Å². The third kappa shape index (κ3) is 2.52. The van der Waals surface area contributed by atoms with Gasteiger partial charge in [-0.3, -0.25) is 9.59 Å². The lowest BCUT2D eigenvalue weighted by Gasteiger charge is -2.33. The number of hydrogen-bond acceptors (Lipinski definition) is 4. The fraction of sp³-hybridized carbons (Fsp3) is 0.467. The van der Waals surface area contributed by atoms with E-state index in [-0.39, 0.29) is 18.4 Å². The van der Waals surface area contributed by atoms with Crippen LogP contribution in [0.3, 0.4) is 0 Å². The van der Waals surface area contributed by atoms with Crippen LogP contribution in [-0.4, -0.2) is 61.4 Å². The van der Waals surface area contributed by atoms with Gasteiger partial charge in [0.1, 0.15) is 12.6 Å². The number of anilines is 1. The second kappa shape index (κ2) is 5.46. The van der Waals surface area contributed by atoms with Crippen molar-refractivity contribution < 1.29 is 9.59 Å². The van der Waals surface area contributed by atoms with Gasteiger partial charge < -0.3 is 20.4 Å². The summed E-state index contributed by atoms with van der Waals surface area (Å²) in [4.78, 5) is 30.2. The Labute approximate surface area is 124 Å². The number of benzene rings is 1. The summed E-state index contributed by atoms with van der Waals surface area (Å²) in [5.74, 6) is -0.209. The van der Waals surface area contributed by atoms with E-state index in [1.54, 1.807) is 0 Å². The van der Waals surface area contributed by atoms with E-state index in [4.69, 9.17) is 5.73 Å². The van der Waals surface area contributed by atoms with Crippen molar-refractivity contribution in [3.63, 3.8) is 0 Å². The van der Waals surface area contributed by atoms with Crippen LogP contribution in [-0.2, 0) is 9.59 Å². The molecule has 0 saturated carbocycles. The van der Waals surface area contributed by atoms with E-state index in [1.165, 1.54) is 4.90 Å². The Morgan fingerprint density at radius 2 is 1.90 bits per heavy atom. The molecule has 2 heterocycles. The lowest BCUT2D eigenvalue weighted by atomic mass is 10.1. The minimum Gasteiger partial charge on any atom is -0.339 e. The molecule has 1 aromatic rings. The van der Waals surface area contributed by atoms with Gasteiger partial charge in [-0.1, -0.05) is 18.2 Å². The Kier molecular flexibility index (Phi) is 3.65. The van der Waals surface area contributed by atoms with Crippen LogP contribution in [0.5, 0.6) is 0 Å². The van der Waals surface area contributed by atoms with Crippen LogP contribution in [0.4, 0.5) is 5.69 Å². The van der Waals surface area contributed by atoms with Crippen molar-refractivity contribution in [2.45, 2.75) is 6.04 Å². The van der Waals surface area contributed by atoms with Crippen molar-refractivity contribution in [3.05, 3.63) is 29.8 Å². The Morgan fingerprint density at radius 3 is 2.62 bits per heavy atom. The summed E-state index contributed by atoms with van der Waals surface area (Å²) in [6.07, 6.45) is 0. The van der Waals surface area contributed by atoms with Crippen molar-refractivity contribution in [2.75, 3.05) is 44.7 Å². The van der Waals surface area contributed by atoms with Gasteiger partial charge in [0.05, 0.1) is 0 Å². The molecule has 112 valence electrons. The molecule has 2 aliphatic rings. The quantitative estimate of drug-likeness (QED) is 0.819. The van der Waals surface area contributed by atoms with Gasteiger partial charge in [-0.05, 0) is 13.1 Å². The number of carbonyl (C=O) groups excluding carboxylic acids is 2. The lowest BCUT2D eigenvalue weighted by Crippen LogP contribution is -2.50. The smallest absolute Gasteiger partial charge is 0.249 e. The van der Waals surface area contributed by atoms with Crippen LogP contribution in [0, 0.1) is 0 Å². The largest absolute Gasteiger partial charge is 0.339 e. The Balaban J connectivity index is 1.73. The number of likely N-dealkylation sites (N-methyl/N-ethyl adjacent to an activating group) is 1. The third-order valence-corrected chi connectivity index (χ3v) is 4.24. The molecule has 0 aliphatic carbocycles. The van der Waals surface area contributed by atoms with Crippen molar-refractivity contribution in [2.24, 2.45) is 5.73 Å². The Hall–Kier alpha value is -1.92. The summed E-state index contributed by atoms with van der Waals surface area (Å²) in [5, 5.41) is 0. The first-order valence-corrected chi connectivity index (χ1v) is 7.20. The highest BCUT2D eigenvalue weighted by atomic mass is 16.2. The fourth-order valence-electron chi connectivity index (χ4n) is 2.87. The molecule has 0 radical (unpaired) electrons. The molecule has 1 unspecified atom stereocenters. The molecule has 1 aromatic carbocycles. The summed E-state index contributed by atoms with van der Waals surface area (Å²) in [6, 6.07) is 6.76. The molecule has 3 rings (SSSR count). The number of hydrogen-bond donors (Lipinski definition) is 1. The van der Waals surface area contributed by atoms with Gasteiger partial charge in [0.2, 0.25) is 11.8 Å². The fourth-order valence-corrected chi connectivity index (χ4v) is 2.87. The lowest BCUT2D eigenvalue weighted by molar-refractivity contribution is -0.132. The molecule has 1 atom stereocenters. The Morgan fingerprint density at radius 1 is 1.24 bits per heavy atom. The van der Waals surface area contributed by atoms with Crippen molar-refractivity contribution in [1.82, 2.24) is 9.80 Å². The number of para-hydroxylation sites is 1. The van der Waals surface area contributed by atoms with E-state index in [0.29, 0.717) is 13.1 Å².